The van der Waals surface area contributed by atoms with Crippen molar-refractivity contribution in [3.63, 3.8) is 0 Å². The van der Waals surface area contributed by atoms with E-state index in [1.165, 1.54) is 18.2 Å². The summed E-state index contributed by atoms with van der Waals surface area (Å²) in [6, 6.07) is 8.87. The molecule has 0 saturated heterocycles. The zero-order valence-corrected chi connectivity index (χ0v) is 12.9. The summed E-state index contributed by atoms with van der Waals surface area (Å²) in [6.45, 7) is 2.31. The number of nitrogens with one attached hydrogen (secondary N) is 1. The van der Waals surface area contributed by atoms with Crippen LogP contribution in [-0.2, 0) is 0 Å². The molecule has 0 unspecified atom stereocenters. The molecule has 1 amide bonds. The fourth-order valence-corrected chi connectivity index (χ4v) is 2.23. The van der Waals surface area contributed by atoms with Crippen LogP contribution in [0.15, 0.2) is 40.9 Å². The van der Waals surface area contributed by atoms with Crippen LogP contribution in [0, 0.1) is 5.82 Å². The average Bonchev–Trinajstić information content (AvgIpc) is 2.37. The predicted molar refractivity (Wildman–Crippen MR) is 83.0 cm³/mol. The highest BCUT2D eigenvalue weighted by Gasteiger charge is 2.13. The Bertz CT molecular complexity index is 656. The van der Waals surface area contributed by atoms with E-state index < -0.39 is 5.82 Å². The van der Waals surface area contributed by atoms with Gasteiger partial charge in [0.25, 0.3) is 5.91 Å². The van der Waals surface area contributed by atoms with Crippen molar-refractivity contribution >= 4 is 27.5 Å². The van der Waals surface area contributed by atoms with E-state index in [0.29, 0.717) is 22.3 Å². The van der Waals surface area contributed by atoms with Gasteiger partial charge in [0.2, 0.25) is 0 Å². The molecule has 0 bridgehead atoms. The smallest absolute Gasteiger partial charge is 0.255 e. The highest BCUT2D eigenvalue weighted by atomic mass is 79.9. The van der Waals surface area contributed by atoms with Crippen LogP contribution in [-0.4, -0.2) is 12.5 Å². The van der Waals surface area contributed by atoms with Crippen LogP contribution in [0.2, 0.25) is 0 Å². The van der Waals surface area contributed by atoms with Gasteiger partial charge in [-0.3, -0.25) is 4.79 Å². The molecule has 0 spiro atoms. The number of nitrogens with two attached hydrogens (primary N) is 1. The molecule has 2 rings (SSSR count). The lowest BCUT2D eigenvalue weighted by atomic mass is 10.1. The number of rotatable bonds is 4. The number of halogens is 2. The molecule has 0 aliphatic rings. The minimum Gasteiger partial charge on any atom is -0.456 e. The van der Waals surface area contributed by atoms with Gasteiger partial charge in [-0.25, -0.2) is 4.39 Å². The number of benzene rings is 2. The van der Waals surface area contributed by atoms with Gasteiger partial charge in [-0.1, -0.05) is 15.9 Å². The molecule has 0 aliphatic heterocycles. The molecular weight excluding hydrogens is 339 g/mol. The van der Waals surface area contributed by atoms with Gasteiger partial charge in [0.15, 0.2) is 0 Å². The van der Waals surface area contributed by atoms with Gasteiger partial charge in [0.1, 0.15) is 17.3 Å². The number of nitrogen functional groups attached to an aromatic ring is 1. The lowest BCUT2D eigenvalue weighted by Crippen LogP contribution is -2.23. The van der Waals surface area contributed by atoms with E-state index >= 15 is 0 Å². The summed E-state index contributed by atoms with van der Waals surface area (Å²) in [5.74, 6) is -0.165. The second-order valence-corrected chi connectivity index (χ2v) is 5.24. The predicted octanol–water partition coefficient (Wildman–Crippen LogP) is 3.71. The lowest BCUT2D eigenvalue weighted by molar-refractivity contribution is 0.0953. The molecule has 0 radical (unpaired) electrons. The topological polar surface area (TPSA) is 64.4 Å². The first-order valence-electron chi connectivity index (χ1n) is 6.31. The molecule has 2 aromatic carbocycles. The highest BCUT2D eigenvalue weighted by Crippen LogP contribution is 2.30. The number of hydrogen-bond acceptors (Lipinski definition) is 3. The van der Waals surface area contributed by atoms with Crippen LogP contribution in [0.5, 0.6) is 11.5 Å². The van der Waals surface area contributed by atoms with Crippen LogP contribution in [0.25, 0.3) is 0 Å². The first-order valence-corrected chi connectivity index (χ1v) is 7.10. The fourth-order valence-electron chi connectivity index (χ4n) is 1.78. The Morgan fingerprint density at radius 2 is 2.10 bits per heavy atom. The molecule has 21 heavy (non-hydrogen) atoms. The van der Waals surface area contributed by atoms with E-state index in [-0.39, 0.29) is 17.4 Å². The van der Waals surface area contributed by atoms with Crippen LogP contribution in [0.4, 0.5) is 10.1 Å². The summed E-state index contributed by atoms with van der Waals surface area (Å²) in [6.07, 6.45) is 0. The van der Waals surface area contributed by atoms with Gasteiger partial charge >= 0.3 is 0 Å². The Kier molecular flexibility index (Phi) is 4.80. The lowest BCUT2D eigenvalue weighted by Gasteiger charge is -2.12. The van der Waals surface area contributed by atoms with Crippen molar-refractivity contribution in [2.75, 3.05) is 12.3 Å². The van der Waals surface area contributed by atoms with Gasteiger partial charge < -0.3 is 15.8 Å². The highest BCUT2D eigenvalue weighted by molar-refractivity contribution is 9.10. The van der Waals surface area contributed by atoms with E-state index in [4.69, 9.17) is 10.5 Å². The molecule has 0 aromatic heterocycles. The Hall–Kier alpha value is -2.08. The number of ether oxygens (including phenoxy) is 1. The van der Waals surface area contributed by atoms with Crippen LogP contribution < -0.4 is 15.8 Å². The summed E-state index contributed by atoms with van der Waals surface area (Å²) in [7, 11) is 0. The van der Waals surface area contributed by atoms with E-state index in [1.807, 2.05) is 6.92 Å². The third-order valence-electron chi connectivity index (χ3n) is 2.65. The third-order valence-corrected chi connectivity index (χ3v) is 3.11. The number of carbonyl (C=O) groups is 1. The molecular formula is C15H14BrFN2O2. The van der Waals surface area contributed by atoms with Crippen molar-refractivity contribution in [3.8, 4) is 11.5 Å². The SMILES string of the molecule is CCNC(=O)c1ccc(N)cc1Oc1cc(F)cc(Br)c1. The minimum atomic E-state index is -0.442. The van der Waals surface area contributed by atoms with E-state index in [1.54, 1.807) is 18.2 Å². The Morgan fingerprint density at radius 1 is 1.33 bits per heavy atom. The van der Waals surface area contributed by atoms with Crippen LogP contribution in [0.3, 0.4) is 0 Å². The van der Waals surface area contributed by atoms with Gasteiger partial charge in [0.05, 0.1) is 5.56 Å². The molecule has 0 saturated carbocycles. The normalized spacial score (nSPS) is 10.2. The van der Waals surface area contributed by atoms with Crippen molar-refractivity contribution in [1.29, 1.82) is 0 Å². The van der Waals surface area contributed by atoms with Gasteiger partial charge in [0, 0.05) is 28.8 Å². The van der Waals surface area contributed by atoms with Gasteiger partial charge in [-0.05, 0) is 31.2 Å². The largest absolute Gasteiger partial charge is 0.456 e. The summed E-state index contributed by atoms with van der Waals surface area (Å²) >= 11 is 3.19. The maximum atomic E-state index is 13.4. The zero-order valence-electron chi connectivity index (χ0n) is 11.3. The fraction of sp³-hybridized carbons (Fsp3) is 0.133. The second-order valence-electron chi connectivity index (χ2n) is 4.32. The Morgan fingerprint density at radius 3 is 2.76 bits per heavy atom. The molecule has 0 atom stereocenters. The monoisotopic (exact) mass is 352 g/mol. The van der Waals surface area contributed by atoms with Crippen molar-refractivity contribution in [2.24, 2.45) is 0 Å². The molecule has 3 N–H and O–H groups in total. The summed E-state index contributed by atoms with van der Waals surface area (Å²) in [5.41, 5.74) is 6.51. The van der Waals surface area contributed by atoms with Gasteiger partial charge in [-0.15, -0.1) is 0 Å². The summed E-state index contributed by atoms with van der Waals surface area (Å²) in [5, 5.41) is 2.69. The summed E-state index contributed by atoms with van der Waals surface area (Å²) in [4.78, 5) is 12.0. The number of hydrogen-bond donors (Lipinski definition) is 2. The third kappa shape index (κ3) is 3.95. The van der Waals surface area contributed by atoms with Crippen LogP contribution in [0.1, 0.15) is 17.3 Å². The minimum absolute atomic E-state index is 0.275. The van der Waals surface area contributed by atoms with Crippen molar-refractivity contribution < 1.29 is 13.9 Å². The zero-order chi connectivity index (χ0) is 15.4. The molecule has 110 valence electrons. The molecule has 2 aromatic rings. The second kappa shape index (κ2) is 6.58. The molecule has 0 fully saturated rings. The molecule has 6 heteroatoms. The van der Waals surface area contributed by atoms with Crippen LogP contribution >= 0.6 is 15.9 Å². The standard InChI is InChI=1S/C15H14BrFN2O2/c1-2-19-15(20)13-4-3-11(18)8-14(13)21-12-6-9(16)5-10(17)7-12/h3-8H,2,18H2,1H3,(H,19,20). The quantitative estimate of drug-likeness (QED) is 0.824. The van der Waals surface area contributed by atoms with Crippen molar-refractivity contribution in [1.82, 2.24) is 5.32 Å². The Balaban J connectivity index is 2.38. The Labute approximate surface area is 130 Å². The van der Waals surface area contributed by atoms with Crippen molar-refractivity contribution in [2.45, 2.75) is 6.92 Å². The average molecular weight is 353 g/mol. The number of anilines is 1. The van der Waals surface area contributed by atoms with Gasteiger partial charge in [-0.2, -0.15) is 0 Å². The summed E-state index contributed by atoms with van der Waals surface area (Å²) < 4.78 is 19.5. The van der Waals surface area contributed by atoms with E-state index in [9.17, 15) is 9.18 Å². The van der Waals surface area contributed by atoms with E-state index in [2.05, 4.69) is 21.2 Å². The number of amides is 1. The molecule has 4 nitrogen and oxygen atoms in total. The molecule has 0 aliphatic carbocycles. The van der Waals surface area contributed by atoms with E-state index in [0.717, 1.165) is 0 Å². The first kappa shape index (κ1) is 15.3. The maximum absolute atomic E-state index is 13.4. The molecule has 0 heterocycles. The van der Waals surface area contributed by atoms with Crippen molar-refractivity contribution in [3.05, 3.63) is 52.3 Å². The first-order chi connectivity index (χ1) is 9.99. The number of carbonyl (C=O) groups excluding carboxylic acids is 1. The maximum Gasteiger partial charge on any atom is 0.255 e.